The van der Waals surface area contributed by atoms with Crippen LogP contribution in [0.3, 0.4) is 0 Å². The molecule has 118 valence electrons. The summed E-state index contributed by atoms with van der Waals surface area (Å²) in [6.45, 7) is 2.63. The van der Waals surface area contributed by atoms with E-state index in [1.807, 2.05) is 0 Å². The SMILES string of the molecule is C[C@@]12CCC[C@H]1[C@@H]1CCC3CCCC[C@]3(CO)[C@H]1C(=O)C2. The minimum absolute atomic E-state index is 0.0395. The average Bonchev–Trinajstić information content (AvgIpc) is 2.87. The van der Waals surface area contributed by atoms with Crippen molar-refractivity contribution in [1.82, 2.24) is 0 Å². The Morgan fingerprint density at radius 1 is 1.10 bits per heavy atom. The second kappa shape index (κ2) is 4.81. The molecule has 4 aliphatic rings. The molecule has 0 bridgehead atoms. The Balaban J connectivity index is 1.73. The molecule has 0 aromatic heterocycles. The standard InChI is InChI=1S/C19H30O2/c1-18-9-4-6-15(18)14-8-7-13-5-2-3-10-19(13,12-20)17(14)16(21)11-18/h13-15,17,20H,2-12H2,1H3/t13?,14-,15-,17+,18-,19+/m0/s1. The Bertz CT molecular complexity index is 445. The van der Waals surface area contributed by atoms with Crippen molar-refractivity contribution in [1.29, 1.82) is 0 Å². The zero-order valence-corrected chi connectivity index (χ0v) is 13.4. The minimum Gasteiger partial charge on any atom is -0.396 e. The molecule has 2 heteroatoms. The van der Waals surface area contributed by atoms with Crippen LogP contribution in [0.15, 0.2) is 0 Å². The number of Topliss-reactive ketones (excluding diaryl/α,β-unsaturated/α-hetero) is 1. The molecular weight excluding hydrogens is 260 g/mol. The first-order valence-electron chi connectivity index (χ1n) is 9.24. The second-order valence-electron chi connectivity index (χ2n) is 8.85. The van der Waals surface area contributed by atoms with E-state index in [1.165, 1.54) is 51.4 Å². The van der Waals surface area contributed by atoms with Crippen molar-refractivity contribution in [3.63, 3.8) is 0 Å². The van der Waals surface area contributed by atoms with Gasteiger partial charge in [0.25, 0.3) is 0 Å². The Hall–Kier alpha value is -0.370. The van der Waals surface area contributed by atoms with Gasteiger partial charge in [0.15, 0.2) is 0 Å². The van der Waals surface area contributed by atoms with Crippen LogP contribution >= 0.6 is 0 Å². The maximum Gasteiger partial charge on any atom is 0.137 e. The van der Waals surface area contributed by atoms with Crippen molar-refractivity contribution in [2.24, 2.45) is 34.5 Å². The molecule has 0 aliphatic heterocycles. The number of ketones is 1. The topological polar surface area (TPSA) is 37.3 Å². The van der Waals surface area contributed by atoms with Gasteiger partial charge in [0, 0.05) is 24.4 Å². The molecule has 0 spiro atoms. The monoisotopic (exact) mass is 290 g/mol. The smallest absolute Gasteiger partial charge is 0.137 e. The van der Waals surface area contributed by atoms with Gasteiger partial charge in [-0.05, 0) is 61.7 Å². The molecule has 21 heavy (non-hydrogen) atoms. The van der Waals surface area contributed by atoms with Crippen LogP contribution in [-0.4, -0.2) is 17.5 Å². The fourth-order valence-corrected chi connectivity index (χ4v) is 7.18. The molecule has 1 unspecified atom stereocenters. The molecule has 1 N–H and O–H groups in total. The third-order valence-electron chi connectivity index (χ3n) is 8.05. The van der Waals surface area contributed by atoms with E-state index < -0.39 is 0 Å². The van der Waals surface area contributed by atoms with E-state index in [1.54, 1.807) is 0 Å². The van der Waals surface area contributed by atoms with E-state index in [0.717, 1.165) is 18.8 Å². The number of carbonyl (C=O) groups is 1. The lowest BCUT2D eigenvalue weighted by atomic mass is 9.44. The van der Waals surface area contributed by atoms with Crippen LogP contribution in [0.2, 0.25) is 0 Å². The molecule has 0 amide bonds. The third kappa shape index (κ3) is 1.84. The van der Waals surface area contributed by atoms with Gasteiger partial charge in [-0.3, -0.25) is 4.79 Å². The quantitative estimate of drug-likeness (QED) is 0.793. The van der Waals surface area contributed by atoms with E-state index in [4.69, 9.17) is 0 Å². The number of rotatable bonds is 1. The summed E-state index contributed by atoms with van der Waals surface area (Å²) < 4.78 is 0. The lowest BCUT2D eigenvalue weighted by Gasteiger charge is -2.59. The highest BCUT2D eigenvalue weighted by molar-refractivity contribution is 5.84. The molecule has 0 radical (unpaired) electrons. The third-order valence-corrected chi connectivity index (χ3v) is 8.05. The van der Waals surface area contributed by atoms with Crippen molar-refractivity contribution in [3.8, 4) is 0 Å². The van der Waals surface area contributed by atoms with Crippen LogP contribution in [-0.2, 0) is 4.79 Å². The number of fused-ring (bicyclic) bond motifs is 5. The number of carbonyl (C=O) groups excluding carboxylic acids is 1. The number of hydrogen-bond donors (Lipinski definition) is 1. The molecule has 4 fully saturated rings. The van der Waals surface area contributed by atoms with Gasteiger partial charge in [-0.15, -0.1) is 0 Å². The first-order valence-corrected chi connectivity index (χ1v) is 9.24. The summed E-state index contributed by atoms with van der Waals surface area (Å²) in [5, 5.41) is 10.3. The van der Waals surface area contributed by atoms with E-state index >= 15 is 0 Å². The predicted octanol–water partition coefficient (Wildman–Crippen LogP) is 3.96. The first kappa shape index (κ1) is 14.2. The fraction of sp³-hybridized carbons (Fsp3) is 0.947. The molecule has 4 saturated carbocycles. The van der Waals surface area contributed by atoms with E-state index in [2.05, 4.69) is 6.92 Å². The Morgan fingerprint density at radius 3 is 2.76 bits per heavy atom. The van der Waals surface area contributed by atoms with Crippen LogP contribution in [0, 0.1) is 34.5 Å². The van der Waals surface area contributed by atoms with Crippen molar-refractivity contribution in [3.05, 3.63) is 0 Å². The average molecular weight is 290 g/mol. The Kier molecular flexibility index (Phi) is 3.26. The van der Waals surface area contributed by atoms with Gasteiger partial charge in [-0.2, -0.15) is 0 Å². The van der Waals surface area contributed by atoms with Crippen molar-refractivity contribution in [2.75, 3.05) is 6.61 Å². The van der Waals surface area contributed by atoms with Crippen molar-refractivity contribution in [2.45, 2.75) is 71.1 Å². The van der Waals surface area contributed by atoms with E-state index in [9.17, 15) is 9.90 Å². The summed E-state index contributed by atoms with van der Waals surface area (Å²) in [4.78, 5) is 13.1. The summed E-state index contributed by atoms with van der Waals surface area (Å²) in [5.41, 5.74) is 0.249. The largest absolute Gasteiger partial charge is 0.396 e. The maximum atomic E-state index is 13.1. The molecule has 0 aromatic rings. The summed E-state index contributed by atoms with van der Waals surface area (Å²) in [7, 11) is 0. The molecular formula is C19H30O2. The molecule has 2 nitrogen and oxygen atoms in total. The zero-order valence-electron chi connectivity index (χ0n) is 13.4. The van der Waals surface area contributed by atoms with Crippen LogP contribution in [0.25, 0.3) is 0 Å². The van der Waals surface area contributed by atoms with E-state index in [-0.39, 0.29) is 23.4 Å². The summed E-state index contributed by atoms with van der Waals surface area (Å²) in [6, 6.07) is 0. The van der Waals surface area contributed by atoms with Crippen molar-refractivity contribution >= 4 is 5.78 Å². The van der Waals surface area contributed by atoms with E-state index in [0.29, 0.717) is 17.6 Å². The van der Waals surface area contributed by atoms with Crippen LogP contribution < -0.4 is 0 Å². The number of hydrogen-bond acceptors (Lipinski definition) is 2. The van der Waals surface area contributed by atoms with Gasteiger partial charge >= 0.3 is 0 Å². The van der Waals surface area contributed by atoms with Crippen LogP contribution in [0.4, 0.5) is 0 Å². The zero-order chi connectivity index (χ0) is 14.7. The first-order chi connectivity index (χ1) is 10.1. The van der Waals surface area contributed by atoms with Gasteiger partial charge in [-0.25, -0.2) is 0 Å². The highest BCUT2D eigenvalue weighted by Gasteiger charge is 2.61. The molecule has 6 atom stereocenters. The maximum absolute atomic E-state index is 13.1. The lowest BCUT2D eigenvalue weighted by Crippen LogP contribution is -2.58. The Labute approximate surface area is 128 Å². The lowest BCUT2D eigenvalue weighted by molar-refractivity contribution is -0.164. The molecule has 4 aliphatic carbocycles. The van der Waals surface area contributed by atoms with Crippen LogP contribution in [0.1, 0.15) is 71.1 Å². The predicted molar refractivity (Wildman–Crippen MR) is 82.8 cm³/mol. The van der Waals surface area contributed by atoms with Crippen molar-refractivity contribution < 1.29 is 9.90 Å². The highest BCUT2D eigenvalue weighted by Crippen LogP contribution is 2.65. The summed E-state index contributed by atoms with van der Waals surface area (Å²) in [5.74, 6) is 2.66. The Morgan fingerprint density at radius 2 is 1.95 bits per heavy atom. The molecule has 0 aromatic carbocycles. The normalized spacial score (nSPS) is 53.0. The fourth-order valence-electron chi connectivity index (χ4n) is 7.18. The molecule has 0 saturated heterocycles. The highest BCUT2D eigenvalue weighted by atomic mass is 16.3. The van der Waals surface area contributed by atoms with Crippen LogP contribution in [0.5, 0.6) is 0 Å². The second-order valence-corrected chi connectivity index (χ2v) is 8.85. The summed E-state index contributed by atoms with van der Waals surface area (Å²) >= 11 is 0. The minimum atomic E-state index is -0.0395. The van der Waals surface area contributed by atoms with Gasteiger partial charge in [-0.1, -0.05) is 26.2 Å². The van der Waals surface area contributed by atoms with Gasteiger partial charge in [0.05, 0.1) is 0 Å². The number of aliphatic hydroxyl groups is 1. The molecule has 0 heterocycles. The summed E-state index contributed by atoms with van der Waals surface area (Å²) in [6.07, 6.45) is 12.1. The number of aliphatic hydroxyl groups excluding tert-OH is 1. The van der Waals surface area contributed by atoms with Gasteiger partial charge < -0.3 is 5.11 Å². The molecule has 4 rings (SSSR count). The van der Waals surface area contributed by atoms with Gasteiger partial charge in [0.2, 0.25) is 0 Å². The van der Waals surface area contributed by atoms with Gasteiger partial charge in [0.1, 0.15) is 5.78 Å².